The molecule has 4 fully saturated rings. The Morgan fingerprint density at radius 3 is 1.55 bits per heavy atom. The van der Waals surface area contributed by atoms with Crippen molar-refractivity contribution in [2.75, 3.05) is 13.2 Å². The van der Waals surface area contributed by atoms with E-state index in [0.717, 1.165) is 17.8 Å². The fourth-order valence-electron chi connectivity index (χ4n) is 7.84. The first-order valence-corrected chi connectivity index (χ1v) is 14.5. The van der Waals surface area contributed by atoms with Gasteiger partial charge in [-0.2, -0.15) is 0 Å². The molecule has 0 radical (unpaired) electrons. The molecular formula is C29H52N2. The van der Waals surface area contributed by atoms with Crippen LogP contribution in [0.15, 0.2) is 12.4 Å². The first kappa shape index (κ1) is 23.5. The van der Waals surface area contributed by atoms with E-state index in [1.54, 1.807) is 19.3 Å². The second-order valence-corrected chi connectivity index (χ2v) is 12.0. The Kier molecular flexibility index (Phi) is 9.08. The Balaban J connectivity index is 0.979. The van der Waals surface area contributed by atoms with Crippen LogP contribution < -0.4 is 0 Å². The van der Waals surface area contributed by atoms with Crippen molar-refractivity contribution in [1.82, 2.24) is 9.80 Å². The van der Waals surface area contributed by atoms with Crippen LogP contribution in [0.4, 0.5) is 0 Å². The van der Waals surface area contributed by atoms with Crippen LogP contribution in [0.1, 0.15) is 135 Å². The van der Waals surface area contributed by atoms with Crippen molar-refractivity contribution in [2.24, 2.45) is 17.8 Å². The summed E-state index contributed by atoms with van der Waals surface area (Å²) in [6.45, 7) is 4.77. The zero-order chi connectivity index (χ0) is 21.4. The van der Waals surface area contributed by atoms with Gasteiger partial charge in [-0.05, 0) is 62.7 Å². The topological polar surface area (TPSA) is 6.48 Å². The number of hydrogen-bond acceptors (Lipinski definition) is 2. The van der Waals surface area contributed by atoms with E-state index < -0.39 is 0 Å². The first-order chi connectivity index (χ1) is 15.3. The van der Waals surface area contributed by atoms with Gasteiger partial charge in [0.1, 0.15) is 0 Å². The van der Waals surface area contributed by atoms with Gasteiger partial charge in [0.25, 0.3) is 0 Å². The molecule has 5 rings (SSSR count). The first-order valence-electron chi connectivity index (χ1n) is 14.5. The highest BCUT2D eigenvalue weighted by molar-refractivity contribution is 5.11. The number of rotatable bonds is 16. The van der Waals surface area contributed by atoms with Gasteiger partial charge < -0.3 is 9.80 Å². The molecule has 0 amide bonds. The Morgan fingerprint density at radius 1 is 0.613 bits per heavy atom. The normalized spacial score (nSPS) is 31.3. The van der Waals surface area contributed by atoms with Crippen LogP contribution in [0.2, 0.25) is 0 Å². The molecule has 31 heavy (non-hydrogen) atoms. The molecule has 0 N–H and O–H groups in total. The van der Waals surface area contributed by atoms with Gasteiger partial charge in [-0.1, -0.05) is 90.4 Å². The number of hydrogen-bond donors (Lipinski definition) is 0. The van der Waals surface area contributed by atoms with E-state index in [1.165, 1.54) is 122 Å². The van der Waals surface area contributed by atoms with Crippen LogP contribution in [0.25, 0.3) is 0 Å². The quantitative estimate of drug-likeness (QED) is 0.227. The standard InChI is InChI=1S/C29H52N2/c1-2-3-4-5-6-7-8-9-10-11-12-13-14-15-16-30-17-18-31(25-30)29-22-26-19-27(23-29)21-28(20-26)24-29/h17-18,26-28H,2-16,19-25H2,1H3. The van der Waals surface area contributed by atoms with Crippen molar-refractivity contribution in [3.63, 3.8) is 0 Å². The minimum absolute atomic E-state index is 0.551. The monoisotopic (exact) mass is 428 g/mol. The summed E-state index contributed by atoms with van der Waals surface area (Å²) < 4.78 is 0. The molecule has 4 bridgehead atoms. The number of nitrogens with zero attached hydrogens (tertiary/aromatic N) is 2. The molecule has 178 valence electrons. The van der Waals surface area contributed by atoms with E-state index in [4.69, 9.17) is 0 Å². The molecule has 0 spiro atoms. The van der Waals surface area contributed by atoms with Crippen molar-refractivity contribution in [2.45, 2.75) is 141 Å². The maximum absolute atomic E-state index is 2.78. The third kappa shape index (κ3) is 6.67. The summed E-state index contributed by atoms with van der Waals surface area (Å²) in [6.07, 6.45) is 34.4. The van der Waals surface area contributed by atoms with E-state index in [-0.39, 0.29) is 0 Å². The number of unbranched alkanes of at least 4 members (excludes halogenated alkanes) is 13. The molecule has 2 nitrogen and oxygen atoms in total. The highest BCUT2D eigenvalue weighted by Gasteiger charge is 2.53. The van der Waals surface area contributed by atoms with Gasteiger partial charge in [0.2, 0.25) is 0 Å². The zero-order valence-corrected chi connectivity index (χ0v) is 20.8. The van der Waals surface area contributed by atoms with Crippen LogP contribution in [-0.4, -0.2) is 28.6 Å². The van der Waals surface area contributed by atoms with Gasteiger partial charge in [-0.15, -0.1) is 0 Å². The second-order valence-electron chi connectivity index (χ2n) is 12.0. The molecule has 0 saturated heterocycles. The molecule has 1 aliphatic heterocycles. The van der Waals surface area contributed by atoms with Crippen molar-refractivity contribution < 1.29 is 0 Å². The van der Waals surface area contributed by atoms with Crippen molar-refractivity contribution in [3.8, 4) is 0 Å². The SMILES string of the molecule is CCCCCCCCCCCCCCCCN1C=CN(C23CC4CC(CC(C4)C2)C3)C1. The molecule has 0 atom stereocenters. The summed E-state index contributed by atoms with van der Waals surface area (Å²) in [5.41, 5.74) is 0.551. The van der Waals surface area contributed by atoms with Gasteiger partial charge in [-0.3, -0.25) is 0 Å². The van der Waals surface area contributed by atoms with Gasteiger partial charge in [-0.25, -0.2) is 0 Å². The fraction of sp³-hybridized carbons (Fsp3) is 0.931. The molecule has 4 aliphatic carbocycles. The fourth-order valence-corrected chi connectivity index (χ4v) is 7.84. The van der Waals surface area contributed by atoms with E-state index in [0.29, 0.717) is 5.54 Å². The van der Waals surface area contributed by atoms with Crippen LogP contribution in [-0.2, 0) is 0 Å². The summed E-state index contributed by atoms with van der Waals surface area (Å²) in [6, 6.07) is 0. The van der Waals surface area contributed by atoms with Crippen LogP contribution in [0, 0.1) is 17.8 Å². The maximum Gasteiger partial charge on any atom is 0.0898 e. The van der Waals surface area contributed by atoms with Gasteiger partial charge in [0.15, 0.2) is 0 Å². The average Bonchev–Trinajstić information content (AvgIpc) is 3.23. The minimum Gasteiger partial charge on any atom is -0.359 e. The van der Waals surface area contributed by atoms with Crippen LogP contribution in [0.5, 0.6) is 0 Å². The average molecular weight is 429 g/mol. The lowest BCUT2D eigenvalue weighted by atomic mass is 9.52. The Morgan fingerprint density at radius 2 is 1.06 bits per heavy atom. The second kappa shape index (κ2) is 12.0. The van der Waals surface area contributed by atoms with Crippen LogP contribution in [0.3, 0.4) is 0 Å². The molecule has 0 aromatic heterocycles. The molecule has 0 aromatic rings. The molecule has 0 aromatic carbocycles. The predicted molar refractivity (Wildman–Crippen MR) is 134 cm³/mol. The lowest BCUT2D eigenvalue weighted by molar-refractivity contribution is -0.0750. The Hall–Kier alpha value is -0.660. The van der Waals surface area contributed by atoms with Crippen molar-refractivity contribution in [3.05, 3.63) is 12.4 Å². The van der Waals surface area contributed by atoms with E-state index in [9.17, 15) is 0 Å². The largest absolute Gasteiger partial charge is 0.359 e. The van der Waals surface area contributed by atoms with Crippen LogP contribution >= 0.6 is 0 Å². The smallest absolute Gasteiger partial charge is 0.0898 e. The zero-order valence-electron chi connectivity index (χ0n) is 20.8. The summed E-state index contributed by atoms with van der Waals surface area (Å²) >= 11 is 0. The van der Waals surface area contributed by atoms with E-state index in [2.05, 4.69) is 29.1 Å². The summed E-state index contributed by atoms with van der Waals surface area (Å²) in [4.78, 5) is 5.39. The van der Waals surface area contributed by atoms with Gasteiger partial charge in [0, 0.05) is 24.5 Å². The lowest BCUT2D eigenvalue weighted by Gasteiger charge is -2.60. The summed E-state index contributed by atoms with van der Waals surface area (Å²) in [7, 11) is 0. The third-order valence-corrected chi connectivity index (χ3v) is 9.21. The molecule has 1 heterocycles. The van der Waals surface area contributed by atoms with Gasteiger partial charge in [0.05, 0.1) is 6.67 Å². The van der Waals surface area contributed by atoms with Crippen molar-refractivity contribution in [1.29, 1.82) is 0 Å². The Bertz CT molecular complexity index is 504. The summed E-state index contributed by atoms with van der Waals surface area (Å²) in [5, 5.41) is 0. The molecule has 4 saturated carbocycles. The predicted octanol–water partition coefficient (Wildman–Crippen LogP) is 8.48. The minimum atomic E-state index is 0.551. The third-order valence-electron chi connectivity index (χ3n) is 9.21. The maximum atomic E-state index is 2.78. The molecular weight excluding hydrogens is 376 g/mol. The molecule has 5 aliphatic rings. The highest BCUT2D eigenvalue weighted by Crippen LogP contribution is 2.58. The Labute approximate surface area is 194 Å². The summed E-state index contributed by atoms with van der Waals surface area (Å²) in [5.74, 6) is 3.17. The molecule has 2 heteroatoms. The lowest BCUT2D eigenvalue weighted by Crippen LogP contribution is -2.58. The van der Waals surface area contributed by atoms with Gasteiger partial charge >= 0.3 is 0 Å². The van der Waals surface area contributed by atoms with E-state index in [1.807, 2.05) is 0 Å². The molecule has 0 unspecified atom stereocenters. The highest BCUT2D eigenvalue weighted by atomic mass is 15.4. The van der Waals surface area contributed by atoms with Crippen molar-refractivity contribution >= 4 is 0 Å². The van der Waals surface area contributed by atoms with E-state index >= 15 is 0 Å².